The summed E-state index contributed by atoms with van der Waals surface area (Å²) in [7, 11) is 0. The normalized spacial score (nSPS) is 17.1. The third-order valence-corrected chi connectivity index (χ3v) is 5.38. The van der Waals surface area contributed by atoms with Crippen LogP contribution in [0.5, 0.6) is 5.75 Å². The van der Waals surface area contributed by atoms with Crippen LogP contribution in [-0.2, 0) is 6.42 Å². The van der Waals surface area contributed by atoms with E-state index in [2.05, 4.69) is 50.2 Å². The number of phenolic OH excluding ortho intramolecular Hbond substituents is 1. The van der Waals surface area contributed by atoms with E-state index in [1.807, 2.05) is 6.07 Å². The molecule has 0 amide bonds. The van der Waals surface area contributed by atoms with Crippen molar-refractivity contribution in [2.45, 2.75) is 64.2 Å². The summed E-state index contributed by atoms with van der Waals surface area (Å²) < 4.78 is 0. The molecular weight excluding hydrogens is 280 g/mol. The molecule has 1 heteroatoms. The van der Waals surface area contributed by atoms with Crippen molar-refractivity contribution >= 4 is 0 Å². The zero-order valence-electron chi connectivity index (χ0n) is 14.4. The minimum Gasteiger partial charge on any atom is -0.508 e. The first kappa shape index (κ1) is 16.1. The number of aromatic hydroxyl groups is 1. The zero-order valence-corrected chi connectivity index (χ0v) is 14.4. The summed E-state index contributed by atoms with van der Waals surface area (Å²) in [6.45, 7) is 4.43. The van der Waals surface area contributed by atoms with Gasteiger partial charge in [-0.1, -0.05) is 62.6 Å². The fourth-order valence-corrected chi connectivity index (χ4v) is 4.08. The van der Waals surface area contributed by atoms with E-state index >= 15 is 0 Å². The monoisotopic (exact) mass is 308 g/mol. The standard InChI is InChI=1S/C22H28O/c1-16(13-18-9-5-3-6-10-18)20-15-21(22(23)14-17(20)2)19-11-7-4-8-12-19/h3,5-6,9-10,14-16,19,23H,4,7-8,11-13H2,1-2H3. The molecule has 0 saturated heterocycles. The maximum atomic E-state index is 10.4. The lowest BCUT2D eigenvalue weighted by molar-refractivity contribution is 0.413. The molecule has 2 aromatic carbocycles. The quantitative estimate of drug-likeness (QED) is 0.724. The van der Waals surface area contributed by atoms with Gasteiger partial charge in [-0.3, -0.25) is 0 Å². The molecule has 1 aliphatic carbocycles. The molecule has 122 valence electrons. The fraction of sp³-hybridized carbons (Fsp3) is 0.455. The molecule has 1 nitrogen and oxygen atoms in total. The zero-order chi connectivity index (χ0) is 16.2. The summed E-state index contributed by atoms with van der Waals surface area (Å²) in [6, 6.07) is 15.0. The Balaban J connectivity index is 1.86. The van der Waals surface area contributed by atoms with Crippen molar-refractivity contribution in [3.05, 3.63) is 64.7 Å². The van der Waals surface area contributed by atoms with E-state index in [9.17, 15) is 5.11 Å². The third-order valence-electron chi connectivity index (χ3n) is 5.38. The highest BCUT2D eigenvalue weighted by Gasteiger charge is 2.21. The Hall–Kier alpha value is -1.76. The van der Waals surface area contributed by atoms with Crippen LogP contribution in [0.15, 0.2) is 42.5 Å². The van der Waals surface area contributed by atoms with Gasteiger partial charge >= 0.3 is 0 Å². The molecule has 0 aliphatic heterocycles. The number of rotatable bonds is 4. The van der Waals surface area contributed by atoms with Crippen molar-refractivity contribution in [3.63, 3.8) is 0 Å². The van der Waals surface area contributed by atoms with Crippen LogP contribution in [0.4, 0.5) is 0 Å². The van der Waals surface area contributed by atoms with E-state index in [0.717, 1.165) is 6.42 Å². The van der Waals surface area contributed by atoms with E-state index in [-0.39, 0.29) is 0 Å². The highest BCUT2D eigenvalue weighted by molar-refractivity contribution is 5.45. The lowest BCUT2D eigenvalue weighted by atomic mass is 9.81. The molecular formula is C22H28O. The second-order valence-electron chi connectivity index (χ2n) is 7.19. The molecule has 23 heavy (non-hydrogen) atoms. The first-order valence-corrected chi connectivity index (χ1v) is 9.02. The molecule has 0 aromatic heterocycles. The van der Waals surface area contributed by atoms with Crippen molar-refractivity contribution in [3.8, 4) is 5.75 Å². The Morgan fingerprint density at radius 2 is 1.74 bits per heavy atom. The predicted octanol–water partition coefficient (Wildman–Crippen LogP) is 6.09. The van der Waals surface area contributed by atoms with Gasteiger partial charge in [-0.05, 0) is 66.3 Å². The summed E-state index contributed by atoms with van der Waals surface area (Å²) in [5.74, 6) is 1.53. The third kappa shape index (κ3) is 3.77. The summed E-state index contributed by atoms with van der Waals surface area (Å²) in [5.41, 5.74) is 5.18. The van der Waals surface area contributed by atoms with Crippen molar-refractivity contribution < 1.29 is 5.11 Å². The summed E-state index contributed by atoms with van der Waals surface area (Å²) in [4.78, 5) is 0. The second-order valence-corrected chi connectivity index (χ2v) is 7.19. The van der Waals surface area contributed by atoms with Crippen molar-refractivity contribution in [1.29, 1.82) is 0 Å². The van der Waals surface area contributed by atoms with Gasteiger partial charge in [-0.2, -0.15) is 0 Å². The molecule has 1 N–H and O–H groups in total. The number of phenols is 1. The lowest BCUT2D eigenvalue weighted by Crippen LogP contribution is -2.08. The van der Waals surface area contributed by atoms with E-state index in [4.69, 9.17) is 0 Å². The fourth-order valence-electron chi connectivity index (χ4n) is 4.08. The van der Waals surface area contributed by atoms with Crippen molar-refractivity contribution in [2.75, 3.05) is 0 Å². The van der Waals surface area contributed by atoms with Crippen LogP contribution in [0.25, 0.3) is 0 Å². The average molecular weight is 308 g/mol. The van der Waals surface area contributed by atoms with Crippen molar-refractivity contribution in [1.82, 2.24) is 0 Å². The molecule has 0 bridgehead atoms. The average Bonchev–Trinajstić information content (AvgIpc) is 2.56. The molecule has 0 spiro atoms. The van der Waals surface area contributed by atoms with Gasteiger partial charge in [0.2, 0.25) is 0 Å². The maximum Gasteiger partial charge on any atom is 0.119 e. The van der Waals surface area contributed by atoms with Crippen LogP contribution in [-0.4, -0.2) is 5.11 Å². The molecule has 1 saturated carbocycles. The van der Waals surface area contributed by atoms with Gasteiger partial charge < -0.3 is 5.11 Å². The minimum absolute atomic E-state index is 0.473. The molecule has 0 radical (unpaired) electrons. The SMILES string of the molecule is Cc1cc(O)c(C2CCCCC2)cc1C(C)Cc1ccccc1. The Morgan fingerprint density at radius 1 is 1.04 bits per heavy atom. The van der Waals surface area contributed by atoms with Gasteiger partial charge in [-0.15, -0.1) is 0 Å². The maximum absolute atomic E-state index is 10.4. The minimum atomic E-state index is 0.473. The molecule has 1 atom stereocenters. The van der Waals surface area contributed by atoms with E-state index in [1.165, 1.54) is 54.4 Å². The number of hydrogen-bond acceptors (Lipinski definition) is 1. The Morgan fingerprint density at radius 3 is 2.43 bits per heavy atom. The molecule has 1 unspecified atom stereocenters. The van der Waals surface area contributed by atoms with Crippen LogP contribution in [0.3, 0.4) is 0 Å². The number of hydrogen-bond donors (Lipinski definition) is 1. The van der Waals surface area contributed by atoms with Crippen molar-refractivity contribution in [2.24, 2.45) is 0 Å². The summed E-state index contributed by atoms with van der Waals surface area (Å²) in [5, 5.41) is 10.4. The van der Waals surface area contributed by atoms with E-state index < -0.39 is 0 Å². The van der Waals surface area contributed by atoms with Gasteiger partial charge in [0.05, 0.1) is 0 Å². The molecule has 1 aliphatic rings. The van der Waals surface area contributed by atoms with Gasteiger partial charge in [0, 0.05) is 0 Å². The van der Waals surface area contributed by atoms with E-state index in [1.54, 1.807) is 0 Å². The largest absolute Gasteiger partial charge is 0.508 e. The second kappa shape index (κ2) is 7.21. The molecule has 2 aromatic rings. The van der Waals surface area contributed by atoms with Gasteiger partial charge in [0.15, 0.2) is 0 Å². The molecule has 0 heterocycles. The molecule has 3 rings (SSSR count). The van der Waals surface area contributed by atoms with Gasteiger partial charge in [0.25, 0.3) is 0 Å². The van der Waals surface area contributed by atoms with Crippen LogP contribution in [0, 0.1) is 6.92 Å². The van der Waals surface area contributed by atoms with E-state index in [0.29, 0.717) is 17.6 Å². The number of aryl methyl sites for hydroxylation is 1. The Bertz CT molecular complexity index is 639. The smallest absolute Gasteiger partial charge is 0.119 e. The van der Waals surface area contributed by atoms with Crippen LogP contribution < -0.4 is 0 Å². The van der Waals surface area contributed by atoms with Gasteiger partial charge in [-0.25, -0.2) is 0 Å². The topological polar surface area (TPSA) is 20.2 Å². The molecule has 1 fully saturated rings. The predicted molar refractivity (Wildman–Crippen MR) is 97.2 cm³/mol. The Labute approximate surface area is 140 Å². The lowest BCUT2D eigenvalue weighted by Gasteiger charge is -2.25. The van der Waals surface area contributed by atoms with Crippen LogP contribution in [0.2, 0.25) is 0 Å². The Kier molecular flexibility index (Phi) is 5.05. The highest BCUT2D eigenvalue weighted by Crippen LogP contribution is 2.39. The highest BCUT2D eigenvalue weighted by atomic mass is 16.3. The van der Waals surface area contributed by atoms with Crippen LogP contribution >= 0.6 is 0 Å². The van der Waals surface area contributed by atoms with Crippen LogP contribution in [0.1, 0.15) is 73.1 Å². The van der Waals surface area contributed by atoms with Gasteiger partial charge in [0.1, 0.15) is 5.75 Å². The summed E-state index contributed by atoms with van der Waals surface area (Å²) >= 11 is 0. The number of benzene rings is 2. The summed E-state index contributed by atoms with van der Waals surface area (Å²) in [6.07, 6.45) is 7.45. The first-order valence-electron chi connectivity index (χ1n) is 9.02. The first-order chi connectivity index (χ1) is 11.1.